The molecule has 0 aliphatic carbocycles. The zero-order chi connectivity index (χ0) is 15.4. The molecule has 0 aliphatic heterocycles. The van der Waals surface area contributed by atoms with Crippen molar-refractivity contribution >= 4 is 21.7 Å². The van der Waals surface area contributed by atoms with E-state index in [1.807, 2.05) is 49.4 Å². The minimum absolute atomic E-state index is 0.0185. The van der Waals surface area contributed by atoms with Crippen molar-refractivity contribution in [1.29, 1.82) is 0 Å². The zero-order valence-corrected chi connectivity index (χ0v) is 14.1. The molecule has 3 heteroatoms. The molecule has 0 aliphatic rings. The van der Waals surface area contributed by atoms with Crippen molar-refractivity contribution < 1.29 is 9.53 Å². The van der Waals surface area contributed by atoms with Crippen molar-refractivity contribution in [2.75, 3.05) is 6.61 Å². The van der Waals surface area contributed by atoms with Gasteiger partial charge in [0.1, 0.15) is 5.75 Å². The fraction of sp³-hybridized carbons (Fsp3) is 0.278. The predicted octanol–water partition coefficient (Wildman–Crippen LogP) is 5.20. The van der Waals surface area contributed by atoms with Gasteiger partial charge in [0.05, 0.1) is 12.2 Å². The molecule has 21 heavy (non-hydrogen) atoms. The molecular weight excluding hydrogens is 328 g/mol. The normalized spacial score (nSPS) is 10.7. The third-order valence-electron chi connectivity index (χ3n) is 3.33. The van der Waals surface area contributed by atoms with Gasteiger partial charge in [-0.3, -0.25) is 4.79 Å². The summed E-state index contributed by atoms with van der Waals surface area (Å²) in [6.45, 7) is 6.72. The van der Waals surface area contributed by atoms with Gasteiger partial charge in [-0.05, 0) is 36.6 Å². The molecule has 110 valence electrons. The maximum Gasteiger partial charge on any atom is 0.196 e. The summed E-state index contributed by atoms with van der Waals surface area (Å²) in [5.74, 6) is 1.06. The first-order valence-electron chi connectivity index (χ1n) is 7.10. The van der Waals surface area contributed by atoms with Crippen LogP contribution in [0.3, 0.4) is 0 Å². The summed E-state index contributed by atoms with van der Waals surface area (Å²) < 4.78 is 6.42. The largest absolute Gasteiger partial charge is 0.493 e. The molecule has 0 amide bonds. The summed E-state index contributed by atoms with van der Waals surface area (Å²) in [4.78, 5) is 12.7. The van der Waals surface area contributed by atoms with Gasteiger partial charge in [-0.2, -0.15) is 0 Å². The lowest BCUT2D eigenvalue weighted by Crippen LogP contribution is -2.06. The maximum atomic E-state index is 12.7. The Morgan fingerprint density at radius 1 is 1.14 bits per heavy atom. The van der Waals surface area contributed by atoms with Gasteiger partial charge in [0.2, 0.25) is 0 Å². The quantitative estimate of drug-likeness (QED) is 0.695. The minimum atomic E-state index is -0.0185. The molecule has 0 atom stereocenters. The van der Waals surface area contributed by atoms with Crippen LogP contribution < -0.4 is 4.74 Å². The van der Waals surface area contributed by atoms with Gasteiger partial charge in [0.15, 0.2) is 5.78 Å². The van der Waals surface area contributed by atoms with Crippen LogP contribution in [0.4, 0.5) is 0 Å². The molecule has 0 N–H and O–H groups in total. The first-order chi connectivity index (χ1) is 10.0. The highest BCUT2D eigenvalue weighted by Crippen LogP contribution is 2.26. The number of hydrogen-bond acceptors (Lipinski definition) is 2. The van der Waals surface area contributed by atoms with Crippen molar-refractivity contribution in [3.63, 3.8) is 0 Å². The van der Waals surface area contributed by atoms with Gasteiger partial charge in [0.25, 0.3) is 0 Å². The molecular formula is C18H19BrO2. The molecule has 0 fully saturated rings. The molecule has 2 aromatic rings. The molecule has 0 bridgehead atoms. The molecule has 0 saturated heterocycles. The van der Waals surface area contributed by atoms with Crippen LogP contribution in [0.5, 0.6) is 5.75 Å². The summed E-state index contributed by atoms with van der Waals surface area (Å²) in [7, 11) is 0. The summed E-state index contributed by atoms with van der Waals surface area (Å²) in [6, 6.07) is 13.3. The molecule has 2 aromatic carbocycles. The molecule has 2 rings (SSSR count). The first kappa shape index (κ1) is 15.8. The third kappa shape index (κ3) is 3.73. The maximum absolute atomic E-state index is 12.7. The Kier molecular flexibility index (Phi) is 5.18. The smallest absolute Gasteiger partial charge is 0.196 e. The first-order valence-corrected chi connectivity index (χ1v) is 7.89. The summed E-state index contributed by atoms with van der Waals surface area (Å²) in [6.07, 6.45) is 0. The Balaban J connectivity index is 2.37. The lowest BCUT2D eigenvalue weighted by atomic mass is 9.98. The number of benzene rings is 2. The SMILES string of the molecule is CCOc1ccc(Br)cc1C(=O)c1ccc(C(C)C)cc1. The third-order valence-corrected chi connectivity index (χ3v) is 3.82. The van der Waals surface area contributed by atoms with Gasteiger partial charge >= 0.3 is 0 Å². The Labute approximate surface area is 134 Å². The lowest BCUT2D eigenvalue weighted by Gasteiger charge is -2.11. The minimum Gasteiger partial charge on any atom is -0.493 e. The van der Waals surface area contributed by atoms with Crippen LogP contribution in [0.15, 0.2) is 46.9 Å². The van der Waals surface area contributed by atoms with Gasteiger partial charge in [0, 0.05) is 10.0 Å². The number of hydrogen-bond donors (Lipinski definition) is 0. The number of ketones is 1. The van der Waals surface area contributed by atoms with Crippen LogP contribution in [-0.4, -0.2) is 12.4 Å². The highest BCUT2D eigenvalue weighted by atomic mass is 79.9. The van der Waals surface area contributed by atoms with Crippen molar-refractivity contribution in [2.24, 2.45) is 0 Å². The summed E-state index contributed by atoms with van der Waals surface area (Å²) in [5, 5.41) is 0. The van der Waals surface area contributed by atoms with E-state index < -0.39 is 0 Å². The highest BCUT2D eigenvalue weighted by Gasteiger charge is 2.15. The fourth-order valence-electron chi connectivity index (χ4n) is 2.14. The average molecular weight is 347 g/mol. The van der Waals surface area contributed by atoms with Crippen LogP contribution in [0.2, 0.25) is 0 Å². The van der Waals surface area contributed by atoms with Crippen LogP contribution in [0.25, 0.3) is 0 Å². The Morgan fingerprint density at radius 3 is 2.38 bits per heavy atom. The highest BCUT2D eigenvalue weighted by molar-refractivity contribution is 9.10. The van der Waals surface area contributed by atoms with E-state index in [1.165, 1.54) is 5.56 Å². The van der Waals surface area contributed by atoms with Crippen LogP contribution >= 0.6 is 15.9 Å². The molecule has 0 aromatic heterocycles. The molecule has 0 radical (unpaired) electrons. The number of ether oxygens (including phenoxy) is 1. The number of halogens is 1. The molecule has 0 unspecified atom stereocenters. The number of carbonyl (C=O) groups is 1. The molecule has 2 nitrogen and oxygen atoms in total. The number of rotatable bonds is 5. The fourth-order valence-corrected chi connectivity index (χ4v) is 2.50. The summed E-state index contributed by atoms with van der Waals surface area (Å²) >= 11 is 3.41. The van der Waals surface area contributed by atoms with E-state index in [0.717, 1.165) is 4.47 Å². The standard InChI is InChI=1S/C18H19BrO2/c1-4-21-17-10-9-15(19)11-16(17)18(20)14-7-5-13(6-8-14)12(2)3/h5-12H,4H2,1-3H3. The van der Waals surface area contributed by atoms with E-state index >= 15 is 0 Å². The zero-order valence-electron chi connectivity index (χ0n) is 12.5. The second-order valence-electron chi connectivity index (χ2n) is 5.18. The second kappa shape index (κ2) is 6.90. The van der Waals surface area contributed by atoms with Crippen molar-refractivity contribution in [3.8, 4) is 5.75 Å². The van der Waals surface area contributed by atoms with E-state index in [2.05, 4.69) is 29.8 Å². The van der Waals surface area contributed by atoms with E-state index in [1.54, 1.807) is 0 Å². The lowest BCUT2D eigenvalue weighted by molar-refractivity contribution is 0.103. The topological polar surface area (TPSA) is 26.3 Å². The van der Waals surface area contributed by atoms with Crippen molar-refractivity contribution in [3.05, 3.63) is 63.6 Å². The van der Waals surface area contributed by atoms with Crippen LogP contribution in [-0.2, 0) is 0 Å². The van der Waals surface area contributed by atoms with Gasteiger partial charge in [-0.1, -0.05) is 54.0 Å². The van der Waals surface area contributed by atoms with Crippen LogP contribution in [0.1, 0.15) is 48.2 Å². The van der Waals surface area contributed by atoms with Gasteiger partial charge < -0.3 is 4.74 Å². The second-order valence-corrected chi connectivity index (χ2v) is 6.10. The van der Waals surface area contributed by atoms with E-state index in [0.29, 0.717) is 29.4 Å². The monoisotopic (exact) mass is 346 g/mol. The van der Waals surface area contributed by atoms with Crippen molar-refractivity contribution in [1.82, 2.24) is 0 Å². The van der Waals surface area contributed by atoms with Crippen molar-refractivity contribution in [2.45, 2.75) is 26.7 Å². The van der Waals surface area contributed by atoms with Gasteiger partial charge in [-0.25, -0.2) is 0 Å². The Bertz CT molecular complexity index is 630. The predicted molar refractivity (Wildman–Crippen MR) is 89.3 cm³/mol. The van der Waals surface area contributed by atoms with E-state index in [-0.39, 0.29) is 5.78 Å². The molecule has 0 heterocycles. The molecule has 0 spiro atoms. The summed E-state index contributed by atoms with van der Waals surface area (Å²) in [5.41, 5.74) is 2.49. The average Bonchev–Trinajstić information content (AvgIpc) is 2.48. The number of carbonyl (C=O) groups excluding carboxylic acids is 1. The van der Waals surface area contributed by atoms with E-state index in [9.17, 15) is 4.79 Å². The van der Waals surface area contributed by atoms with Crippen LogP contribution in [0, 0.1) is 0 Å². The Hall–Kier alpha value is -1.61. The Morgan fingerprint density at radius 2 is 1.81 bits per heavy atom. The van der Waals surface area contributed by atoms with Gasteiger partial charge in [-0.15, -0.1) is 0 Å². The molecule has 0 saturated carbocycles. The van der Waals surface area contributed by atoms with E-state index in [4.69, 9.17) is 4.74 Å².